The molecule has 4 rings (SSSR count). The molecule has 0 radical (unpaired) electrons. The Kier molecular flexibility index (Phi) is 4.02. The summed E-state index contributed by atoms with van der Waals surface area (Å²) in [5, 5.41) is 0. The highest BCUT2D eigenvalue weighted by Gasteiger charge is 2.36. The van der Waals surface area contributed by atoms with Crippen LogP contribution in [0.2, 0.25) is 0 Å². The van der Waals surface area contributed by atoms with E-state index in [0.29, 0.717) is 17.2 Å². The van der Waals surface area contributed by atoms with Crippen molar-refractivity contribution < 1.29 is 8.42 Å². The van der Waals surface area contributed by atoms with Crippen LogP contribution in [-0.4, -0.2) is 8.42 Å². The molecule has 0 unspecified atom stereocenters. The smallest absolute Gasteiger partial charge is 0.207 e. The molecule has 0 bridgehead atoms. The quantitative estimate of drug-likeness (QED) is 0.893. The summed E-state index contributed by atoms with van der Waals surface area (Å²) in [6.07, 6.45) is 5.35. The maximum Gasteiger partial charge on any atom is 0.237 e. The predicted octanol–water partition coefficient (Wildman–Crippen LogP) is 4.04. The van der Waals surface area contributed by atoms with Crippen molar-refractivity contribution in [2.45, 2.75) is 31.7 Å². The normalized spacial score (nSPS) is 18.6. The van der Waals surface area contributed by atoms with Gasteiger partial charge in [0.1, 0.15) is 0 Å². The summed E-state index contributed by atoms with van der Waals surface area (Å²) in [4.78, 5) is 0.503. The Morgan fingerprint density at radius 1 is 0.917 bits per heavy atom. The Labute approximate surface area is 143 Å². The third-order valence-electron chi connectivity index (χ3n) is 4.89. The SMILES string of the molecule is O=S(=O)(N[C@H](c1ccccc1)C1CC1)C1=Cc2ccccc2CC1. The van der Waals surface area contributed by atoms with Crippen molar-refractivity contribution in [2.24, 2.45) is 5.92 Å². The minimum Gasteiger partial charge on any atom is -0.207 e. The maximum atomic E-state index is 12.9. The molecule has 3 nitrogen and oxygen atoms in total. The van der Waals surface area contributed by atoms with Gasteiger partial charge in [-0.15, -0.1) is 0 Å². The second kappa shape index (κ2) is 6.19. The Balaban J connectivity index is 1.62. The minimum atomic E-state index is -3.47. The van der Waals surface area contributed by atoms with Gasteiger partial charge in [-0.05, 0) is 54.4 Å². The van der Waals surface area contributed by atoms with Crippen molar-refractivity contribution >= 4 is 16.1 Å². The van der Waals surface area contributed by atoms with Crippen LogP contribution < -0.4 is 4.72 Å². The standard InChI is InChI=1S/C20H21NO2S/c22-24(23,19-13-12-15-6-4-5-9-18(15)14-19)21-20(17-10-11-17)16-7-2-1-3-8-16/h1-9,14,17,20-21H,10-13H2/t20-/m1/s1. The van der Waals surface area contributed by atoms with Gasteiger partial charge in [-0.3, -0.25) is 0 Å². The summed E-state index contributed by atoms with van der Waals surface area (Å²) >= 11 is 0. The van der Waals surface area contributed by atoms with E-state index in [-0.39, 0.29) is 6.04 Å². The fourth-order valence-corrected chi connectivity index (χ4v) is 4.85. The Bertz CT molecular complexity index is 868. The molecule has 2 aliphatic rings. The molecule has 0 spiro atoms. The van der Waals surface area contributed by atoms with Gasteiger partial charge in [0.05, 0.1) is 4.91 Å². The van der Waals surface area contributed by atoms with Crippen LogP contribution in [0.5, 0.6) is 0 Å². The van der Waals surface area contributed by atoms with Crippen LogP contribution in [0.1, 0.15) is 42.0 Å². The number of allylic oxidation sites excluding steroid dienone is 1. The lowest BCUT2D eigenvalue weighted by molar-refractivity contribution is 0.532. The van der Waals surface area contributed by atoms with E-state index < -0.39 is 10.0 Å². The molecule has 0 saturated heterocycles. The molecule has 2 aliphatic carbocycles. The highest BCUT2D eigenvalue weighted by Crippen LogP contribution is 2.42. The maximum absolute atomic E-state index is 12.9. The fraction of sp³-hybridized carbons (Fsp3) is 0.300. The van der Waals surface area contributed by atoms with Crippen LogP contribution in [0, 0.1) is 5.92 Å². The zero-order chi connectivity index (χ0) is 16.6. The summed E-state index contributed by atoms with van der Waals surface area (Å²) in [5.41, 5.74) is 3.30. The van der Waals surface area contributed by atoms with E-state index in [1.54, 1.807) is 0 Å². The lowest BCUT2D eigenvalue weighted by Crippen LogP contribution is -2.31. The molecule has 2 aromatic rings. The molecule has 0 aromatic heterocycles. The lowest BCUT2D eigenvalue weighted by Gasteiger charge is -2.22. The predicted molar refractivity (Wildman–Crippen MR) is 96.7 cm³/mol. The van der Waals surface area contributed by atoms with E-state index in [0.717, 1.165) is 30.4 Å². The van der Waals surface area contributed by atoms with E-state index in [1.165, 1.54) is 5.56 Å². The van der Waals surface area contributed by atoms with Crippen LogP contribution in [0.4, 0.5) is 0 Å². The first kappa shape index (κ1) is 15.6. The molecule has 4 heteroatoms. The molecular formula is C20H21NO2S. The van der Waals surface area contributed by atoms with Gasteiger partial charge in [0.2, 0.25) is 10.0 Å². The van der Waals surface area contributed by atoms with Crippen LogP contribution in [0.25, 0.3) is 6.08 Å². The van der Waals surface area contributed by atoms with Crippen LogP contribution in [0.3, 0.4) is 0 Å². The molecule has 2 aromatic carbocycles. The van der Waals surface area contributed by atoms with E-state index in [1.807, 2.05) is 54.6 Å². The number of fused-ring (bicyclic) bond motifs is 1. The van der Waals surface area contributed by atoms with Gasteiger partial charge in [-0.1, -0.05) is 54.6 Å². The molecule has 1 N–H and O–H groups in total. The number of benzene rings is 2. The van der Waals surface area contributed by atoms with E-state index in [2.05, 4.69) is 10.8 Å². The van der Waals surface area contributed by atoms with Gasteiger partial charge in [0.25, 0.3) is 0 Å². The molecule has 0 amide bonds. The van der Waals surface area contributed by atoms with Crippen molar-refractivity contribution in [3.8, 4) is 0 Å². The largest absolute Gasteiger partial charge is 0.237 e. The van der Waals surface area contributed by atoms with Crippen molar-refractivity contribution in [2.75, 3.05) is 0 Å². The second-order valence-electron chi connectivity index (χ2n) is 6.66. The molecule has 0 aliphatic heterocycles. The zero-order valence-corrected chi connectivity index (χ0v) is 14.3. The van der Waals surface area contributed by atoms with E-state index >= 15 is 0 Å². The molecule has 1 atom stereocenters. The Morgan fingerprint density at radius 2 is 1.62 bits per heavy atom. The number of nitrogens with one attached hydrogen (secondary N) is 1. The van der Waals surface area contributed by atoms with Crippen molar-refractivity contribution in [3.05, 3.63) is 76.2 Å². The number of sulfonamides is 1. The number of rotatable bonds is 5. The summed E-state index contributed by atoms with van der Waals surface area (Å²) < 4.78 is 28.8. The average Bonchev–Trinajstić information content (AvgIpc) is 3.45. The van der Waals surface area contributed by atoms with E-state index in [9.17, 15) is 8.42 Å². The Morgan fingerprint density at radius 3 is 2.38 bits per heavy atom. The third kappa shape index (κ3) is 3.17. The number of hydrogen-bond acceptors (Lipinski definition) is 2. The number of aryl methyl sites for hydroxylation is 1. The lowest BCUT2D eigenvalue weighted by atomic mass is 9.98. The first-order valence-corrected chi connectivity index (χ1v) is 9.97. The molecule has 124 valence electrons. The van der Waals surface area contributed by atoms with Crippen molar-refractivity contribution in [1.29, 1.82) is 0 Å². The van der Waals surface area contributed by atoms with Crippen molar-refractivity contribution in [3.63, 3.8) is 0 Å². The fourth-order valence-electron chi connectivity index (χ4n) is 3.39. The summed E-state index contributed by atoms with van der Waals surface area (Å²) in [6, 6.07) is 17.8. The van der Waals surface area contributed by atoms with Gasteiger partial charge in [-0.2, -0.15) is 0 Å². The van der Waals surface area contributed by atoms with Gasteiger partial charge >= 0.3 is 0 Å². The molecule has 1 saturated carbocycles. The topological polar surface area (TPSA) is 46.2 Å². The molecule has 1 fully saturated rings. The first-order valence-electron chi connectivity index (χ1n) is 8.49. The molecule has 24 heavy (non-hydrogen) atoms. The number of hydrogen-bond donors (Lipinski definition) is 1. The summed E-state index contributed by atoms with van der Waals surface area (Å²) in [5.74, 6) is 0.415. The van der Waals surface area contributed by atoms with Crippen LogP contribution in [0.15, 0.2) is 59.5 Å². The minimum absolute atomic E-state index is 0.116. The highest BCUT2D eigenvalue weighted by molar-refractivity contribution is 7.93. The van der Waals surface area contributed by atoms with Gasteiger partial charge in [0.15, 0.2) is 0 Å². The molecule has 0 heterocycles. The Hall–Kier alpha value is -1.91. The average molecular weight is 339 g/mol. The van der Waals surface area contributed by atoms with Gasteiger partial charge in [-0.25, -0.2) is 13.1 Å². The first-order chi connectivity index (χ1) is 11.6. The van der Waals surface area contributed by atoms with Gasteiger partial charge in [0, 0.05) is 6.04 Å². The van der Waals surface area contributed by atoms with E-state index in [4.69, 9.17) is 0 Å². The molecular weight excluding hydrogens is 318 g/mol. The third-order valence-corrected chi connectivity index (χ3v) is 6.47. The summed E-state index contributed by atoms with van der Waals surface area (Å²) in [6.45, 7) is 0. The second-order valence-corrected chi connectivity index (χ2v) is 8.42. The zero-order valence-electron chi connectivity index (χ0n) is 13.5. The highest BCUT2D eigenvalue weighted by atomic mass is 32.2. The van der Waals surface area contributed by atoms with Crippen LogP contribution >= 0.6 is 0 Å². The monoisotopic (exact) mass is 339 g/mol. The summed E-state index contributed by atoms with van der Waals surface area (Å²) in [7, 11) is -3.47. The van der Waals surface area contributed by atoms with Gasteiger partial charge < -0.3 is 0 Å². The van der Waals surface area contributed by atoms with Crippen LogP contribution in [-0.2, 0) is 16.4 Å². The van der Waals surface area contributed by atoms with Crippen molar-refractivity contribution in [1.82, 2.24) is 4.72 Å².